The molecule has 0 atom stereocenters. The highest BCUT2D eigenvalue weighted by atomic mass is 16.5. The number of hydrogen-bond donors (Lipinski definition) is 0. The van der Waals surface area contributed by atoms with E-state index in [1.807, 2.05) is 17.4 Å². The summed E-state index contributed by atoms with van der Waals surface area (Å²) in [7, 11) is 0. The standard InChI is InChI=1S/C14H13N3O3/c1-3-20-14(18)10-4-5-17-9(2)6-11(16-13(10)17)12-7-19-8-15-12/h4-8H,3H2,1-2H3. The second kappa shape index (κ2) is 4.80. The third-order valence-corrected chi connectivity index (χ3v) is 3.00. The summed E-state index contributed by atoms with van der Waals surface area (Å²) in [4.78, 5) is 20.5. The largest absolute Gasteiger partial charge is 0.462 e. The van der Waals surface area contributed by atoms with Crippen LogP contribution >= 0.6 is 0 Å². The Balaban J connectivity index is 2.18. The first-order chi connectivity index (χ1) is 9.70. The molecular weight excluding hydrogens is 258 g/mol. The van der Waals surface area contributed by atoms with Crippen molar-refractivity contribution in [2.24, 2.45) is 0 Å². The number of carbonyl (C=O) groups excluding carboxylic acids is 1. The molecule has 0 aromatic carbocycles. The lowest BCUT2D eigenvalue weighted by Gasteiger charge is -2.05. The molecule has 20 heavy (non-hydrogen) atoms. The first-order valence-electron chi connectivity index (χ1n) is 6.25. The van der Waals surface area contributed by atoms with Crippen molar-refractivity contribution in [2.75, 3.05) is 6.61 Å². The van der Waals surface area contributed by atoms with Gasteiger partial charge in [0.1, 0.15) is 17.5 Å². The second-order valence-corrected chi connectivity index (χ2v) is 4.30. The monoisotopic (exact) mass is 271 g/mol. The van der Waals surface area contributed by atoms with Crippen molar-refractivity contribution < 1.29 is 13.9 Å². The van der Waals surface area contributed by atoms with Gasteiger partial charge in [0.05, 0.1) is 12.3 Å². The molecule has 0 unspecified atom stereocenters. The number of carbonyl (C=O) groups is 1. The van der Waals surface area contributed by atoms with E-state index < -0.39 is 0 Å². The molecule has 6 nitrogen and oxygen atoms in total. The molecule has 6 heteroatoms. The summed E-state index contributed by atoms with van der Waals surface area (Å²) in [6.45, 7) is 4.04. The zero-order valence-electron chi connectivity index (χ0n) is 11.2. The van der Waals surface area contributed by atoms with Gasteiger partial charge in [-0.25, -0.2) is 14.8 Å². The number of aryl methyl sites for hydroxylation is 1. The maximum atomic E-state index is 11.9. The lowest BCUT2D eigenvalue weighted by molar-refractivity contribution is 0.0528. The predicted octanol–water partition coefficient (Wildman–Crippen LogP) is 2.47. The van der Waals surface area contributed by atoms with Crippen LogP contribution < -0.4 is 0 Å². The number of esters is 1. The molecule has 3 heterocycles. The number of rotatable bonds is 3. The third kappa shape index (κ3) is 1.95. The molecule has 3 aromatic rings. The van der Waals surface area contributed by atoms with Crippen molar-refractivity contribution in [1.29, 1.82) is 0 Å². The van der Waals surface area contributed by atoms with E-state index in [0.717, 1.165) is 5.69 Å². The van der Waals surface area contributed by atoms with E-state index in [2.05, 4.69) is 9.97 Å². The van der Waals surface area contributed by atoms with Crippen LogP contribution in [-0.4, -0.2) is 26.9 Å². The van der Waals surface area contributed by atoms with E-state index in [1.54, 1.807) is 19.2 Å². The van der Waals surface area contributed by atoms with E-state index in [-0.39, 0.29) is 5.97 Å². The fourth-order valence-electron chi connectivity index (χ4n) is 2.07. The molecule has 0 spiro atoms. The van der Waals surface area contributed by atoms with E-state index in [9.17, 15) is 4.79 Å². The SMILES string of the molecule is CCOC(=O)c1ccn2c(C)cc(-c3cocn3)nc12. The van der Waals surface area contributed by atoms with Gasteiger partial charge in [-0.15, -0.1) is 0 Å². The van der Waals surface area contributed by atoms with Crippen LogP contribution in [0.2, 0.25) is 0 Å². The number of oxazole rings is 1. The predicted molar refractivity (Wildman–Crippen MR) is 71.4 cm³/mol. The van der Waals surface area contributed by atoms with E-state index >= 15 is 0 Å². The normalized spacial score (nSPS) is 10.9. The van der Waals surface area contributed by atoms with Gasteiger partial charge in [0, 0.05) is 11.9 Å². The third-order valence-electron chi connectivity index (χ3n) is 3.00. The Hall–Kier alpha value is -2.63. The quantitative estimate of drug-likeness (QED) is 0.684. The summed E-state index contributed by atoms with van der Waals surface area (Å²) >= 11 is 0. The number of aromatic nitrogens is 3. The van der Waals surface area contributed by atoms with Crippen molar-refractivity contribution in [3.63, 3.8) is 0 Å². The zero-order valence-corrected chi connectivity index (χ0v) is 11.2. The number of hydrogen-bond acceptors (Lipinski definition) is 5. The van der Waals surface area contributed by atoms with Crippen molar-refractivity contribution in [3.8, 4) is 11.4 Å². The Morgan fingerprint density at radius 2 is 2.30 bits per heavy atom. The molecular formula is C14H13N3O3. The van der Waals surface area contributed by atoms with Gasteiger partial charge in [-0.2, -0.15) is 0 Å². The summed E-state index contributed by atoms with van der Waals surface area (Å²) in [6.07, 6.45) is 4.67. The van der Waals surface area contributed by atoms with Crippen molar-refractivity contribution in [2.45, 2.75) is 13.8 Å². The molecule has 0 aliphatic heterocycles. The van der Waals surface area contributed by atoms with Gasteiger partial charge in [-0.1, -0.05) is 0 Å². The van der Waals surface area contributed by atoms with Crippen molar-refractivity contribution >= 4 is 11.6 Å². The molecule has 102 valence electrons. The lowest BCUT2D eigenvalue weighted by atomic mass is 10.2. The lowest BCUT2D eigenvalue weighted by Crippen LogP contribution is -2.06. The minimum absolute atomic E-state index is 0.331. The first kappa shape index (κ1) is 12.4. The van der Waals surface area contributed by atoms with Crippen LogP contribution in [0.5, 0.6) is 0 Å². The summed E-state index contributed by atoms with van der Waals surface area (Å²) in [5.74, 6) is -0.376. The minimum Gasteiger partial charge on any atom is -0.462 e. The molecule has 0 bridgehead atoms. The number of fused-ring (bicyclic) bond motifs is 1. The van der Waals surface area contributed by atoms with Gasteiger partial charge in [0.2, 0.25) is 0 Å². The van der Waals surface area contributed by atoms with E-state index in [1.165, 1.54) is 12.7 Å². The molecule has 0 aliphatic rings. The van der Waals surface area contributed by atoms with Crippen LogP contribution in [0.25, 0.3) is 17.0 Å². The van der Waals surface area contributed by atoms with Crippen LogP contribution in [0.15, 0.2) is 35.4 Å². The highest BCUT2D eigenvalue weighted by molar-refractivity contribution is 5.96. The van der Waals surface area contributed by atoms with Gasteiger partial charge < -0.3 is 13.6 Å². The maximum Gasteiger partial charge on any atom is 0.341 e. The average molecular weight is 271 g/mol. The van der Waals surface area contributed by atoms with Crippen LogP contribution in [0.1, 0.15) is 23.0 Å². The molecule has 0 saturated heterocycles. The van der Waals surface area contributed by atoms with E-state index in [4.69, 9.17) is 9.15 Å². The molecule has 3 aromatic heterocycles. The Labute approximate surface area is 115 Å². The molecule has 3 rings (SSSR count). The van der Waals surface area contributed by atoms with Crippen LogP contribution in [0.3, 0.4) is 0 Å². The average Bonchev–Trinajstić information content (AvgIpc) is 3.08. The molecule has 0 N–H and O–H groups in total. The summed E-state index contributed by atoms with van der Waals surface area (Å²) in [6, 6.07) is 3.60. The molecule has 0 radical (unpaired) electrons. The summed E-state index contributed by atoms with van der Waals surface area (Å²) < 4.78 is 11.9. The fourth-order valence-corrected chi connectivity index (χ4v) is 2.07. The van der Waals surface area contributed by atoms with Gasteiger partial charge in [-0.3, -0.25) is 0 Å². The Morgan fingerprint density at radius 1 is 1.45 bits per heavy atom. The molecule has 0 fully saturated rings. The smallest absolute Gasteiger partial charge is 0.341 e. The van der Waals surface area contributed by atoms with Gasteiger partial charge >= 0.3 is 5.97 Å². The van der Waals surface area contributed by atoms with Gasteiger partial charge in [-0.05, 0) is 26.0 Å². The van der Waals surface area contributed by atoms with Crippen molar-refractivity contribution in [1.82, 2.24) is 14.4 Å². The van der Waals surface area contributed by atoms with Gasteiger partial charge in [0.25, 0.3) is 0 Å². The van der Waals surface area contributed by atoms with Crippen molar-refractivity contribution in [3.05, 3.63) is 42.2 Å². The molecule has 0 amide bonds. The topological polar surface area (TPSA) is 69.6 Å². The summed E-state index contributed by atoms with van der Waals surface area (Å²) in [5.41, 5.74) is 3.24. The number of nitrogens with zero attached hydrogens (tertiary/aromatic N) is 3. The Bertz CT molecular complexity index is 759. The number of ether oxygens (including phenoxy) is 1. The summed E-state index contributed by atoms with van der Waals surface area (Å²) in [5, 5.41) is 0. The highest BCUT2D eigenvalue weighted by Crippen LogP contribution is 2.21. The fraction of sp³-hybridized carbons (Fsp3) is 0.214. The van der Waals surface area contributed by atoms with Crippen LogP contribution in [-0.2, 0) is 4.74 Å². The minimum atomic E-state index is -0.376. The second-order valence-electron chi connectivity index (χ2n) is 4.30. The molecule has 0 aliphatic carbocycles. The zero-order chi connectivity index (χ0) is 14.1. The highest BCUT2D eigenvalue weighted by Gasteiger charge is 2.16. The molecule has 0 saturated carbocycles. The van der Waals surface area contributed by atoms with Crippen LogP contribution in [0.4, 0.5) is 0 Å². The Kier molecular flexibility index (Phi) is 2.98. The van der Waals surface area contributed by atoms with E-state index in [0.29, 0.717) is 29.2 Å². The Morgan fingerprint density at radius 3 is 3.00 bits per heavy atom. The first-order valence-corrected chi connectivity index (χ1v) is 6.25. The van der Waals surface area contributed by atoms with Gasteiger partial charge in [0.15, 0.2) is 12.0 Å². The maximum absolute atomic E-state index is 11.9. The van der Waals surface area contributed by atoms with Crippen LogP contribution in [0, 0.1) is 6.92 Å².